The molecule has 1 saturated carbocycles. The first kappa shape index (κ1) is 17.5. The Bertz CT molecular complexity index is 473. The maximum Gasteiger partial charge on any atom is 0.0178 e. The van der Waals surface area contributed by atoms with Crippen molar-refractivity contribution in [1.82, 2.24) is 0 Å². The van der Waals surface area contributed by atoms with Crippen LogP contribution in [0.1, 0.15) is 95.9 Å². The molecule has 123 valence electrons. The summed E-state index contributed by atoms with van der Waals surface area (Å²) < 4.78 is 0. The Kier molecular flexibility index (Phi) is 5.06. The molecule has 1 radical (unpaired) electrons. The maximum atomic E-state index is 6.00. The molecule has 1 aliphatic rings. The molecule has 1 aromatic carbocycles. The highest BCUT2D eigenvalue weighted by atomic mass is 14.5. The fourth-order valence-electron chi connectivity index (χ4n) is 3.61. The van der Waals surface area contributed by atoms with E-state index in [0.29, 0.717) is 6.54 Å². The van der Waals surface area contributed by atoms with Gasteiger partial charge in [-0.1, -0.05) is 72.9 Å². The summed E-state index contributed by atoms with van der Waals surface area (Å²) in [6.07, 6.45) is 6.63. The van der Waals surface area contributed by atoms with Gasteiger partial charge in [0.15, 0.2) is 0 Å². The zero-order chi connectivity index (χ0) is 16.5. The Morgan fingerprint density at radius 2 is 1.27 bits per heavy atom. The van der Waals surface area contributed by atoms with Crippen molar-refractivity contribution in [3.63, 3.8) is 0 Å². The number of hydrogen-bond acceptors (Lipinski definition) is 1. The Hall–Kier alpha value is -0.820. The van der Waals surface area contributed by atoms with Crippen molar-refractivity contribution in [2.45, 2.75) is 91.0 Å². The molecular formula is C21H34N. The molecule has 0 aliphatic heterocycles. The van der Waals surface area contributed by atoms with Crippen molar-refractivity contribution in [2.75, 3.05) is 0 Å². The standard InChI is InChI=1S/C21H34N/c1-20(2,3)17-12-15(14-22)13-18(21(4,5)6)19(17)16-10-8-7-9-11-16/h12-13H,7-11,14,22H2,1-6H3. The number of nitrogens with two attached hydrogens (primary N) is 1. The Labute approximate surface area is 137 Å². The van der Waals surface area contributed by atoms with Gasteiger partial charge in [0.1, 0.15) is 0 Å². The molecule has 0 aromatic heterocycles. The minimum Gasteiger partial charge on any atom is -0.326 e. The van der Waals surface area contributed by atoms with Crippen LogP contribution in [0, 0.1) is 5.92 Å². The minimum atomic E-state index is 0.158. The molecule has 1 aliphatic carbocycles. The first-order valence-electron chi connectivity index (χ1n) is 8.87. The van der Waals surface area contributed by atoms with Crippen LogP contribution in [0.25, 0.3) is 0 Å². The van der Waals surface area contributed by atoms with Crippen LogP contribution in [0.4, 0.5) is 0 Å². The average Bonchev–Trinajstić information content (AvgIpc) is 2.45. The van der Waals surface area contributed by atoms with E-state index in [1.807, 2.05) is 0 Å². The monoisotopic (exact) mass is 300 g/mol. The normalized spacial score (nSPS) is 17.8. The largest absolute Gasteiger partial charge is 0.326 e. The lowest BCUT2D eigenvalue weighted by Gasteiger charge is -2.36. The van der Waals surface area contributed by atoms with Gasteiger partial charge in [0, 0.05) is 12.5 Å². The molecule has 0 unspecified atom stereocenters. The molecule has 0 saturated heterocycles. The van der Waals surface area contributed by atoms with Gasteiger partial charge >= 0.3 is 0 Å². The highest BCUT2D eigenvalue weighted by Crippen LogP contribution is 2.43. The lowest BCUT2D eigenvalue weighted by atomic mass is 9.69. The highest BCUT2D eigenvalue weighted by molar-refractivity contribution is 5.52. The fraction of sp³-hybridized carbons (Fsp3) is 0.667. The topological polar surface area (TPSA) is 26.0 Å². The molecular weight excluding hydrogens is 266 g/mol. The lowest BCUT2D eigenvalue weighted by Crippen LogP contribution is -2.25. The summed E-state index contributed by atoms with van der Waals surface area (Å²) in [5.74, 6) is 1.68. The molecule has 2 N–H and O–H groups in total. The second-order valence-electron chi connectivity index (χ2n) is 8.93. The van der Waals surface area contributed by atoms with E-state index in [1.165, 1.54) is 48.8 Å². The molecule has 0 heterocycles. The van der Waals surface area contributed by atoms with Crippen LogP contribution in [0.15, 0.2) is 12.1 Å². The third kappa shape index (κ3) is 3.74. The summed E-state index contributed by atoms with van der Waals surface area (Å²) in [5, 5.41) is 0. The second-order valence-corrected chi connectivity index (χ2v) is 8.93. The van der Waals surface area contributed by atoms with E-state index in [1.54, 1.807) is 11.5 Å². The summed E-state index contributed by atoms with van der Waals surface area (Å²) in [6, 6.07) is 4.73. The van der Waals surface area contributed by atoms with E-state index in [4.69, 9.17) is 5.73 Å². The maximum absolute atomic E-state index is 6.00. The van der Waals surface area contributed by atoms with Crippen molar-refractivity contribution in [3.8, 4) is 0 Å². The van der Waals surface area contributed by atoms with Crippen LogP contribution < -0.4 is 5.73 Å². The van der Waals surface area contributed by atoms with E-state index >= 15 is 0 Å². The van der Waals surface area contributed by atoms with Crippen molar-refractivity contribution in [3.05, 3.63) is 40.3 Å². The van der Waals surface area contributed by atoms with Crippen LogP contribution in [-0.2, 0) is 17.4 Å². The average molecular weight is 301 g/mol. The van der Waals surface area contributed by atoms with Crippen molar-refractivity contribution < 1.29 is 0 Å². The third-order valence-electron chi connectivity index (χ3n) is 4.86. The molecule has 2 rings (SSSR count). The Balaban J connectivity index is 2.69. The molecule has 1 fully saturated rings. The van der Waals surface area contributed by atoms with Gasteiger partial charge < -0.3 is 5.73 Å². The second kappa shape index (κ2) is 6.35. The molecule has 1 aromatic rings. The summed E-state index contributed by atoms with van der Waals surface area (Å²) in [5.41, 5.74) is 12.1. The smallest absolute Gasteiger partial charge is 0.0178 e. The summed E-state index contributed by atoms with van der Waals surface area (Å²) >= 11 is 0. The molecule has 1 heteroatoms. The fourth-order valence-corrected chi connectivity index (χ4v) is 3.61. The first-order chi connectivity index (χ1) is 10.1. The van der Waals surface area contributed by atoms with E-state index in [2.05, 4.69) is 53.7 Å². The van der Waals surface area contributed by atoms with Crippen molar-refractivity contribution >= 4 is 0 Å². The minimum absolute atomic E-state index is 0.158. The van der Waals surface area contributed by atoms with Gasteiger partial charge in [-0.25, -0.2) is 0 Å². The Morgan fingerprint density at radius 3 is 1.64 bits per heavy atom. The summed E-state index contributed by atoms with van der Waals surface area (Å²) in [4.78, 5) is 0. The van der Waals surface area contributed by atoms with Crippen LogP contribution in [0.3, 0.4) is 0 Å². The summed E-state index contributed by atoms with van der Waals surface area (Å²) in [6.45, 7) is 14.6. The summed E-state index contributed by atoms with van der Waals surface area (Å²) in [7, 11) is 0. The van der Waals surface area contributed by atoms with E-state index < -0.39 is 0 Å². The predicted octanol–water partition coefficient (Wildman–Crippen LogP) is 5.63. The van der Waals surface area contributed by atoms with E-state index in [9.17, 15) is 0 Å². The molecule has 0 bridgehead atoms. The van der Waals surface area contributed by atoms with Crippen LogP contribution in [0.5, 0.6) is 0 Å². The molecule has 0 spiro atoms. The van der Waals surface area contributed by atoms with Crippen molar-refractivity contribution in [2.24, 2.45) is 5.73 Å². The highest BCUT2D eigenvalue weighted by Gasteiger charge is 2.31. The van der Waals surface area contributed by atoms with Crippen LogP contribution in [-0.4, -0.2) is 0 Å². The zero-order valence-corrected chi connectivity index (χ0v) is 15.5. The number of rotatable bonds is 2. The van der Waals surface area contributed by atoms with Crippen LogP contribution >= 0.6 is 0 Å². The quantitative estimate of drug-likeness (QED) is 0.753. The molecule has 1 nitrogen and oxygen atoms in total. The van der Waals surface area contributed by atoms with Gasteiger partial charge in [-0.15, -0.1) is 0 Å². The predicted molar refractivity (Wildman–Crippen MR) is 97.2 cm³/mol. The van der Waals surface area contributed by atoms with Crippen molar-refractivity contribution in [1.29, 1.82) is 0 Å². The van der Waals surface area contributed by atoms with Gasteiger partial charge in [-0.05, 0) is 45.9 Å². The molecule has 0 atom stereocenters. The van der Waals surface area contributed by atoms with Gasteiger partial charge in [0.05, 0.1) is 0 Å². The van der Waals surface area contributed by atoms with Gasteiger partial charge in [0.25, 0.3) is 0 Å². The molecule has 22 heavy (non-hydrogen) atoms. The SMILES string of the molecule is CC(C)(C)c1cc(CN)cc(C(C)(C)C)c1[C]1CCCCC1. The van der Waals surface area contributed by atoms with Gasteiger partial charge in [-0.3, -0.25) is 0 Å². The van der Waals surface area contributed by atoms with E-state index in [-0.39, 0.29) is 10.8 Å². The first-order valence-corrected chi connectivity index (χ1v) is 8.87. The zero-order valence-electron chi connectivity index (χ0n) is 15.5. The lowest BCUT2D eigenvalue weighted by molar-refractivity contribution is 0.516. The van der Waals surface area contributed by atoms with E-state index in [0.717, 1.165) is 0 Å². The van der Waals surface area contributed by atoms with Gasteiger partial charge in [0.2, 0.25) is 0 Å². The van der Waals surface area contributed by atoms with Gasteiger partial charge in [-0.2, -0.15) is 0 Å². The van der Waals surface area contributed by atoms with Crippen LogP contribution in [0.2, 0.25) is 0 Å². The number of hydrogen-bond donors (Lipinski definition) is 1. The molecule has 0 amide bonds. The third-order valence-corrected chi connectivity index (χ3v) is 4.86. The Morgan fingerprint density at radius 1 is 0.818 bits per heavy atom. The number of benzene rings is 1.